The van der Waals surface area contributed by atoms with Gasteiger partial charge in [0.15, 0.2) is 0 Å². The molecule has 1 amide bonds. The number of rotatable bonds is 2. The van der Waals surface area contributed by atoms with Crippen molar-refractivity contribution in [1.82, 2.24) is 9.80 Å². The molecule has 15 heavy (non-hydrogen) atoms. The van der Waals surface area contributed by atoms with E-state index in [-0.39, 0.29) is 5.91 Å². The molecule has 1 heterocycles. The number of nitrogens with two attached hydrogens (primary N) is 1. The van der Waals surface area contributed by atoms with Gasteiger partial charge in [-0.3, -0.25) is 4.79 Å². The van der Waals surface area contributed by atoms with Gasteiger partial charge < -0.3 is 15.5 Å². The fourth-order valence-corrected chi connectivity index (χ4v) is 2.32. The van der Waals surface area contributed by atoms with Crippen molar-refractivity contribution in [2.45, 2.75) is 37.3 Å². The van der Waals surface area contributed by atoms with Gasteiger partial charge in [0, 0.05) is 19.6 Å². The molecule has 1 saturated heterocycles. The van der Waals surface area contributed by atoms with E-state index in [0.29, 0.717) is 6.04 Å². The first-order chi connectivity index (χ1) is 7.03. The van der Waals surface area contributed by atoms with Gasteiger partial charge in [0.1, 0.15) is 0 Å². The molecule has 1 aliphatic carbocycles. The Hall–Kier alpha value is -0.610. The summed E-state index contributed by atoms with van der Waals surface area (Å²) < 4.78 is 0. The highest BCUT2D eigenvalue weighted by molar-refractivity contribution is 5.89. The zero-order chi connectivity index (χ0) is 11.1. The van der Waals surface area contributed by atoms with Gasteiger partial charge in [-0.05, 0) is 39.3 Å². The number of amides is 1. The zero-order valence-electron chi connectivity index (χ0n) is 9.70. The SMILES string of the molecule is CN1CCCC(N(C)C(=O)C2(N)CC2)C1. The van der Waals surface area contributed by atoms with Crippen molar-refractivity contribution >= 4 is 5.91 Å². The summed E-state index contributed by atoms with van der Waals surface area (Å²) in [4.78, 5) is 16.2. The van der Waals surface area contributed by atoms with E-state index in [1.54, 1.807) is 0 Å². The van der Waals surface area contributed by atoms with E-state index in [9.17, 15) is 4.79 Å². The van der Waals surface area contributed by atoms with Gasteiger partial charge in [0.05, 0.1) is 5.54 Å². The normalized spacial score (nSPS) is 29.9. The Balaban J connectivity index is 1.94. The Bertz CT molecular complexity index is 263. The summed E-state index contributed by atoms with van der Waals surface area (Å²) in [5.41, 5.74) is 5.42. The number of likely N-dealkylation sites (tertiary alicyclic amines) is 1. The number of hydrogen-bond donors (Lipinski definition) is 1. The molecule has 1 unspecified atom stereocenters. The third kappa shape index (κ3) is 2.16. The number of hydrogen-bond acceptors (Lipinski definition) is 3. The van der Waals surface area contributed by atoms with Crippen LogP contribution in [0.1, 0.15) is 25.7 Å². The molecular weight excluding hydrogens is 190 g/mol. The minimum Gasteiger partial charge on any atom is -0.340 e. The summed E-state index contributed by atoms with van der Waals surface area (Å²) in [5, 5.41) is 0. The van der Waals surface area contributed by atoms with Crippen LogP contribution in [-0.4, -0.2) is 54.5 Å². The van der Waals surface area contributed by atoms with E-state index in [0.717, 1.165) is 32.4 Å². The summed E-state index contributed by atoms with van der Waals surface area (Å²) in [7, 11) is 4.01. The van der Waals surface area contributed by atoms with Crippen LogP contribution in [0, 0.1) is 0 Å². The summed E-state index contributed by atoms with van der Waals surface area (Å²) in [5.74, 6) is 0.141. The lowest BCUT2D eigenvalue weighted by Crippen LogP contribution is -2.52. The number of carbonyl (C=O) groups excluding carboxylic acids is 1. The molecule has 0 radical (unpaired) electrons. The van der Waals surface area contributed by atoms with Crippen molar-refractivity contribution in [2.24, 2.45) is 5.73 Å². The van der Waals surface area contributed by atoms with Crippen molar-refractivity contribution in [3.8, 4) is 0 Å². The molecule has 2 N–H and O–H groups in total. The Labute approximate surface area is 91.4 Å². The van der Waals surface area contributed by atoms with Crippen LogP contribution < -0.4 is 5.73 Å². The van der Waals surface area contributed by atoms with Crippen molar-refractivity contribution in [3.05, 3.63) is 0 Å². The average Bonchev–Trinajstić information content (AvgIpc) is 2.96. The van der Waals surface area contributed by atoms with Crippen LogP contribution in [0.25, 0.3) is 0 Å². The maximum Gasteiger partial charge on any atom is 0.242 e. The molecule has 0 spiro atoms. The highest BCUT2D eigenvalue weighted by Gasteiger charge is 2.48. The molecule has 4 heteroatoms. The van der Waals surface area contributed by atoms with Crippen molar-refractivity contribution < 1.29 is 4.79 Å². The molecule has 0 aromatic rings. The van der Waals surface area contributed by atoms with Gasteiger partial charge in [-0.1, -0.05) is 0 Å². The Morgan fingerprint density at radius 2 is 2.20 bits per heavy atom. The maximum absolute atomic E-state index is 12.0. The largest absolute Gasteiger partial charge is 0.340 e. The molecule has 0 bridgehead atoms. The standard InChI is InChI=1S/C11H21N3O/c1-13-7-3-4-9(8-13)14(2)10(15)11(12)5-6-11/h9H,3-8,12H2,1-2H3. The van der Waals surface area contributed by atoms with Gasteiger partial charge in [-0.15, -0.1) is 0 Å². The lowest BCUT2D eigenvalue weighted by atomic mass is 10.0. The summed E-state index contributed by atoms with van der Waals surface area (Å²) >= 11 is 0. The van der Waals surface area contributed by atoms with Crippen molar-refractivity contribution in [1.29, 1.82) is 0 Å². The number of likely N-dealkylation sites (N-methyl/N-ethyl adjacent to an activating group) is 2. The molecular formula is C11H21N3O. The molecule has 0 aromatic heterocycles. The predicted molar refractivity (Wildman–Crippen MR) is 59.4 cm³/mol. The summed E-state index contributed by atoms with van der Waals surface area (Å²) in [6, 6.07) is 0.359. The lowest BCUT2D eigenvalue weighted by Gasteiger charge is -2.37. The van der Waals surface area contributed by atoms with E-state index in [4.69, 9.17) is 5.73 Å². The van der Waals surface area contributed by atoms with E-state index >= 15 is 0 Å². The van der Waals surface area contributed by atoms with Gasteiger partial charge in [-0.25, -0.2) is 0 Å². The molecule has 1 saturated carbocycles. The second-order valence-electron chi connectivity index (χ2n) is 5.13. The number of nitrogens with zero attached hydrogens (tertiary/aromatic N) is 2. The average molecular weight is 211 g/mol. The van der Waals surface area contributed by atoms with Gasteiger partial charge in [-0.2, -0.15) is 0 Å². The second-order valence-corrected chi connectivity index (χ2v) is 5.13. The molecule has 1 aliphatic heterocycles. The van der Waals surface area contributed by atoms with E-state index in [2.05, 4.69) is 11.9 Å². The second kappa shape index (κ2) is 3.76. The molecule has 4 nitrogen and oxygen atoms in total. The third-order valence-corrected chi connectivity index (χ3v) is 3.68. The number of carbonyl (C=O) groups is 1. The van der Waals surface area contributed by atoms with Gasteiger partial charge in [0.2, 0.25) is 5.91 Å². The van der Waals surface area contributed by atoms with Crippen molar-refractivity contribution in [2.75, 3.05) is 27.2 Å². The Morgan fingerprint density at radius 3 is 2.73 bits per heavy atom. The number of piperidine rings is 1. The minimum atomic E-state index is -0.509. The predicted octanol–water partition coefficient (Wildman–Crippen LogP) is 0.0303. The van der Waals surface area contributed by atoms with Crippen LogP contribution in [0.3, 0.4) is 0 Å². The van der Waals surface area contributed by atoms with Crippen LogP contribution in [0.5, 0.6) is 0 Å². The van der Waals surface area contributed by atoms with Crippen molar-refractivity contribution in [3.63, 3.8) is 0 Å². The lowest BCUT2D eigenvalue weighted by molar-refractivity contribution is -0.135. The zero-order valence-corrected chi connectivity index (χ0v) is 9.70. The third-order valence-electron chi connectivity index (χ3n) is 3.68. The molecule has 2 rings (SSSR count). The molecule has 2 fully saturated rings. The highest BCUT2D eigenvalue weighted by Crippen LogP contribution is 2.34. The van der Waals surface area contributed by atoms with Crippen LogP contribution in [0.4, 0.5) is 0 Å². The molecule has 86 valence electrons. The fourth-order valence-electron chi connectivity index (χ4n) is 2.32. The van der Waals surface area contributed by atoms with Crippen LogP contribution >= 0.6 is 0 Å². The monoisotopic (exact) mass is 211 g/mol. The molecule has 0 aromatic carbocycles. The summed E-state index contributed by atoms with van der Waals surface area (Å²) in [6.07, 6.45) is 4.01. The highest BCUT2D eigenvalue weighted by atomic mass is 16.2. The maximum atomic E-state index is 12.0. The molecule has 2 aliphatic rings. The minimum absolute atomic E-state index is 0.141. The Morgan fingerprint density at radius 1 is 1.53 bits per heavy atom. The first-order valence-electron chi connectivity index (χ1n) is 5.78. The smallest absolute Gasteiger partial charge is 0.242 e. The van der Waals surface area contributed by atoms with Gasteiger partial charge >= 0.3 is 0 Å². The summed E-state index contributed by atoms with van der Waals surface area (Å²) in [6.45, 7) is 2.13. The molecule has 1 atom stereocenters. The first-order valence-corrected chi connectivity index (χ1v) is 5.78. The topological polar surface area (TPSA) is 49.6 Å². The fraction of sp³-hybridized carbons (Fsp3) is 0.909. The Kier molecular flexibility index (Phi) is 2.73. The quantitative estimate of drug-likeness (QED) is 0.701. The van der Waals surface area contributed by atoms with Crippen LogP contribution in [0.2, 0.25) is 0 Å². The van der Waals surface area contributed by atoms with E-state index in [1.807, 2.05) is 11.9 Å². The van der Waals surface area contributed by atoms with Crippen LogP contribution in [0.15, 0.2) is 0 Å². The first kappa shape index (κ1) is 10.9. The van der Waals surface area contributed by atoms with E-state index < -0.39 is 5.54 Å². The van der Waals surface area contributed by atoms with E-state index in [1.165, 1.54) is 6.42 Å². The van der Waals surface area contributed by atoms with Crippen LogP contribution in [-0.2, 0) is 4.79 Å². The van der Waals surface area contributed by atoms with Gasteiger partial charge in [0.25, 0.3) is 0 Å².